The van der Waals surface area contributed by atoms with Crippen LogP contribution in [0.2, 0.25) is 0 Å². The maximum Gasteiger partial charge on any atom is 0.307 e. The summed E-state index contributed by atoms with van der Waals surface area (Å²) in [4.78, 5) is 52.5. The summed E-state index contributed by atoms with van der Waals surface area (Å²) in [5.74, 6) is -1.57. The summed E-state index contributed by atoms with van der Waals surface area (Å²) in [5.41, 5.74) is 0.659. The first-order valence-corrected chi connectivity index (χ1v) is 9.84. The molecule has 0 spiro atoms. The van der Waals surface area contributed by atoms with E-state index in [1.807, 2.05) is 0 Å². The second-order valence-electron chi connectivity index (χ2n) is 7.30. The molecule has 1 aliphatic heterocycles. The van der Waals surface area contributed by atoms with E-state index in [1.165, 1.54) is 7.11 Å². The SMILES string of the molecule is COC(=O)CCN(C(=O)CN1C(=O)c2ccccc2C1=O)C1CCCCCC1. The van der Waals surface area contributed by atoms with Crippen molar-refractivity contribution in [2.45, 2.75) is 51.0 Å². The molecule has 3 rings (SSSR count). The van der Waals surface area contributed by atoms with Crippen molar-refractivity contribution in [2.75, 3.05) is 20.2 Å². The molecule has 0 unspecified atom stereocenters. The van der Waals surface area contributed by atoms with Crippen LogP contribution in [0.1, 0.15) is 65.7 Å². The van der Waals surface area contributed by atoms with Crippen molar-refractivity contribution in [1.82, 2.24) is 9.80 Å². The zero-order valence-corrected chi connectivity index (χ0v) is 16.2. The molecule has 0 saturated heterocycles. The number of methoxy groups -OCH3 is 1. The molecule has 0 N–H and O–H groups in total. The van der Waals surface area contributed by atoms with Crippen molar-refractivity contribution < 1.29 is 23.9 Å². The van der Waals surface area contributed by atoms with E-state index in [-0.39, 0.29) is 37.4 Å². The van der Waals surface area contributed by atoms with Crippen molar-refractivity contribution in [3.05, 3.63) is 35.4 Å². The Morgan fingerprint density at radius 3 is 2.14 bits per heavy atom. The van der Waals surface area contributed by atoms with Crippen molar-refractivity contribution >= 4 is 23.7 Å². The number of carbonyl (C=O) groups is 4. The minimum Gasteiger partial charge on any atom is -0.469 e. The molecule has 3 amide bonds. The normalized spacial score (nSPS) is 17.2. The number of fused-ring (bicyclic) bond motifs is 1. The van der Waals surface area contributed by atoms with Gasteiger partial charge < -0.3 is 9.64 Å². The predicted octanol–water partition coefficient (Wildman–Crippen LogP) is 2.40. The van der Waals surface area contributed by atoms with Gasteiger partial charge in [-0.25, -0.2) is 0 Å². The Labute approximate surface area is 164 Å². The molecule has 150 valence electrons. The number of hydrogen-bond acceptors (Lipinski definition) is 5. The fourth-order valence-corrected chi connectivity index (χ4v) is 4.00. The first-order chi connectivity index (χ1) is 13.5. The first kappa shape index (κ1) is 20.0. The van der Waals surface area contributed by atoms with Gasteiger partial charge in [0.2, 0.25) is 5.91 Å². The van der Waals surface area contributed by atoms with Crippen LogP contribution in [0.3, 0.4) is 0 Å². The van der Waals surface area contributed by atoms with Gasteiger partial charge in [-0.3, -0.25) is 24.1 Å². The van der Waals surface area contributed by atoms with E-state index < -0.39 is 11.8 Å². The summed E-state index contributed by atoms with van der Waals surface area (Å²) in [6.07, 6.45) is 6.16. The quantitative estimate of drug-likeness (QED) is 0.426. The van der Waals surface area contributed by atoms with Crippen molar-refractivity contribution in [3.63, 3.8) is 0 Å². The highest BCUT2D eigenvalue weighted by Crippen LogP contribution is 2.25. The minimum absolute atomic E-state index is 0.0230. The number of hydrogen-bond donors (Lipinski definition) is 0. The monoisotopic (exact) mass is 386 g/mol. The van der Waals surface area contributed by atoms with Gasteiger partial charge in [0, 0.05) is 12.6 Å². The van der Waals surface area contributed by atoms with E-state index in [1.54, 1.807) is 29.2 Å². The standard InChI is InChI=1S/C21H26N2O5/c1-28-19(25)12-13-22(15-8-4-2-3-5-9-15)18(24)14-23-20(26)16-10-6-7-11-17(16)21(23)27/h6-7,10-11,15H,2-5,8-9,12-14H2,1H3. The minimum atomic E-state index is -0.442. The van der Waals surface area contributed by atoms with Gasteiger partial charge in [-0.15, -0.1) is 0 Å². The summed E-state index contributed by atoms with van der Waals surface area (Å²) >= 11 is 0. The molecule has 0 atom stereocenters. The van der Waals surface area contributed by atoms with Crippen molar-refractivity contribution in [1.29, 1.82) is 0 Å². The van der Waals surface area contributed by atoms with E-state index in [0.29, 0.717) is 11.1 Å². The largest absolute Gasteiger partial charge is 0.469 e. The topological polar surface area (TPSA) is 84.0 Å². The Balaban J connectivity index is 1.74. The number of nitrogens with zero attached hydrogens (tertiary/aromatic N) is 2. The van der Waals surface area contributed by atoms with E-state index in [0.717, 1.165) is 43.4 Å². The molecule has 1 aliphatic carbocycles. The molecular weight excluding hydrogens is 360 g/mol. The van der Waals surface area contributed by atoms with E-state index in [2.05, 4.69) is 0 Å². The first-order valence-electron chi connectivity index (χ1n) is 9.84. The van der Waals surface area contributed by atoms with Gasteiger partial charge in [-0.05, 0) is 25.0 Å². The highest BCUT2D eigenvalue weighted by atomic mass is 16.5. The molecule has 7 nitrogen and oxygen atoms in total. The predicted molar refractivity (Wildman–Crippen MR) is 102 cm³/mol. The molecule has 1 fully saturated rings. The van der Waals surface area contributed by atoms with Gasteiger partial charge >= 0.3 is 5.97 Å². The van der Waals surface area contributed by atoms with Crippen LogP contribution in [0, 0.1) is 0 Å². The fraction of sp³-hybridized carbons (Fsp3) is 0.524. The van der Waals surface area contributed by atoms with E-state index >= 15 is 0 Å². The zero-order chi connectivity index (χ0) is 20.1. The third-order valence-electron chi connectivity index (χ3n) is 5.54. The summed E-state index contributed by atoms with van der Waals surface area (Å²) in [7, 11) is 1.32. The number of esters is 1. The summed E-state index contributed by atoms with van der Waals surface area (Å²) in [5, 5.41) is 0. The molecule has 2 aliphatic rings. The maximum absolute atomic E-state index is 13.1. The highest BCUT2D eigenvalue weighted by Gasteiger charge is 2.38. The van der Waals surface area contributed by atoms with Crippen LogP contribution < -0.4 is 0 Å². The Morgan fingerprint density at radius 2 is 1.61 bits per heavy atom. The van der Waals surface area contributed by atoms with Gasteiger partial charge in [-0.2, -0.15) is 0 Å². The van der Waals surface area contributed by atoms with Gasteiger partial charge in [0.15, 0.2) is 0 Å². The van der Waals surface area contributed by atoms with Crippen molar-refractivity contribution in [2.24, 2.45) is 0 Å². The van der Waals surface area contributed by atoms with Crippen LogP contribution in [-0.2, 0) is 14.3 Å². The molecule has 0 bridgehead atoms. The molecule has 7 heteroatoms. The molecule has 1 saturated carbocycles. The van der Waals surface area contributed by atoms with Crippen LogP contribution >= 0.6 is 0 Å². The average Bonchev–Trinajstić information content (AvgIpc) is 2.90. The van der Waals surface area contributed by atoms with Crippen molar-refractivity contribution in [3.8, 4) is 0 Å². The van der Waals surface area contributed by atoms with Gasteiger partial charge in [-0.1, -0.05) is 37.8 Å². The second-order valence-corrected chi connectivity index (χ2v) is 7.30. The lowest BCUT2D eigenvalue weighted by atomic mass is 10.1. The Morgan fingerprint density at radius 1 is 1.04 bits per heavy atom. The number of ether oxygens (including phenoxy) is 1. The van der Waals surface area contributed by atoms with Gasteiger partial charge in [0.05, 0.1) is 24.7 Å². The van der Waals surface area contributed by atoms with E-state index in [4.69, 9.17) is 4.74 Å². The van der Waals surface area contributed by atoms with Gasteiger partial charge in [0.1, 0.15) is 6.54 Å². The molecule has 0 aromatic heterocycles. The van der Waals surface area contributed by atoms with E-state index in [9.17, 15) is 19.2 Å². The molecule has 1 aromatic carbocycles. The fourth-order valence-electron chi connectivity index (χ4n) is 4.00. The third kappa shape index (κ3) is 4.24. The summed E-state index contributed by atoms with van der Waals surface area (Å²) in [6, 6.07) is 6.61. The Bertz CT molecular complexity index is 733. The molecular formula is C21H26N2O5. The van der Waals surface area contributed by atoms with Crippen LogP contribution in [-0.4, -0.2) is 59.7 Å². The third-order valence-corrected chi connectivity index (χ3v) is 5.54. The Hall–Kier alpha value is -2.70. The molecule has 1 heterocycles. The molecule has 28 heavy (non-hydrogen) atoms. The number of benzene rings is 1. The number of carbonyl (C=O) groups excluding carboxylic acids is 4. The number of amides is 3. The smallest absolute Gasteiger partial charge is 0.307 e. The summed E-state index contributed by atoms with van der Waals surface area (Å²) in [6.45, 7) is -0.0661. The average molecular weight is 386 g/mol. The maximum atomic E-state index is 13.1. The van der Waals surface area contributed by atoms with Crippen LogP contribution in [0.4, 0.5) is 0 Å². The highest BCUT2D eigenvalue weighted by molar-refractivity contribution is 6.22. The van der Waals surface area contributed by atoms with Crippen LogP contribution in [0.25, 0.3) is 0 Å². The summed E-state index contributed by atoms with van der Waals surface area (Å²) < 4.78 is 4.71. The molecule has 1 aromatic rings. The number of imide groups is 1. The van der Waals surface area contributed by atoms with Crippen LogP contribution in [0.15, 0.2) is 24.3 Å². The lowest BCUT2D eigenvalue weighted by Crippen LogP contribution is -2.47. The molecule has 0 radical (unpaired) electrons. The second kappa shape index (κ2) is 8.99. The lowest BCUT2D eigenvalue weighted by Gasteiger charge is -2.32. The Kier molecular flexibility index (Phi) is 6.44. The number of rotatable bonds is 6. The van der Waals surface area contributed by atoms with Crippen LogP contribution in [0.5, 0.6) is 0 Å². The zero-order valence-electron chi connectivity index (χ0n) is 16.2. The van der Waals surface area contributed by atoms with Gasteiger partial charge in [0.25, 0.3) is 11.8 Å². The lowest BCUT2D eigenvalue weighted by molar-refractivity contribution is -0.142.